The van der Waals surface area contributed by atoms with E-state index in [0.29, 0.717) is 17.1 Å². The molecule has 1 fully saturated rings. The number of carbonyl (C=O) groups is 2. The van der Waals surface area contributed by atoms with Crippen molar-refractivity contribution >= 4 is 46.3 Å². The molecule has 1 saturated heterocycles. The zero-order chi connectivity index (χ0) is 17.0. The molecule has 0 aromatic carbocycles. The van der Waals surface area contributed by atoms with Gasteiger partial charge in [0.1, 0.15) is 16.1 Å². The zero-order valence-corrected chi connectivity index (χ0v) is 14.4. The van der Waals surface area contributed by atoms with Crippen molar-refractivity contribution < 1.29 is 19.1 Å². The maximum atomic E-state index is 12.5. The van der Waals surface area contributed by atoms with Crippen molar-refractivity contribution in [2.45, 2.75) is 26.3 Å². The molecule has 1 amide bonds. The molecule has 1 N–H and O–H groups in total. The highest BCUT2D eigenvalue weighted by molar-refractivity contribution is 8.26. The minimum absolute atomic E-state index is 0.187. The van der Waals surface area contributed by atoms with Gasteiger partial charge in [0.25, 0.3) is 5.91 Å². The summed E-state index contributed by atoms with van der Waals surface area (Å²) in [4.78, 5) is 25.7. The fourth-order valence-corrected chi connectivity index (χ4v) is 3.46. The van der Waals surface area contributed by atoms with E-state index >= 15 is 0 Å². The predicted molar refractivity (Wildman–Crippen MR) is 93.7 cm³/mol. The van der Waals surface area contributed by atoms with E-state index in [1.54, 1.807) is 43.5 Å². The number of thiocarbonyl (C=S) groups is 1. The fraction of sp³-hybridized carbons (Fsp3) is 0.312. The van der Waals surface area contributed by atoms with Crippen LogP contribution in [0.25, 0.3) is 6.08 Å². The van der Waals surface area contributed by atoms with Crippen LogP contribution < -0.4 is 0 Å². The topological polar surface area (TPSA) is 70.8 Å². The molecule has 23 heavy (non-hydrogen) atoms. The first-order chi connectivity index (χ1) is 11.0. The molecule has 2 heterocycles. The van der Waals surface area contributed by atoms with Gasteiger partial charge in [-0.1, -0.05) is 50.3 Å². The molecular formula is C16H17NO4S2. The quantitative estimate of drug-likeness (QED) is 0.624. The number of nitrogens with zero attached hydrogens (tertiary/aromatic N) is 1. The maximum Gasteiger partial charge on any atom is 0.327 e. The van der Waals surface area contributed by atoms with Crippen LogP contribution in [-0.4, -0.2) is 32.2 Å². The van der Waals surface area contributed by atoms with E-state index in [9.17, 15) is 14.7 Å². The van der Waals surface area contributed by atoms with Gasteiger partial charge in [0.2, 0.25) is 0 Å². The van der Waals surface area contributed by atoms with Crippen LogP contribution in [0.3, 0.4) is 0 Å². The van der Waals surface area contributed by atoms with Crippen molar-refractivity contribution in [1.82, 2.24) is 4.90 Å². The first-order valence-electron chi connectivity index (χ1n) is 7.15. The first-order valence-corrected chi connectivity index (χ1v) is 8.38. The second-order valence-electron chi connectivity index (χ2n) is 5.12. The molecule has 0 bridgehead atoms. The summed E-state index contributed by atoms with van der Waals surface area (Å²) in [7, 11) is 0. The van der Waals surface area contributed by atoms with Gasteiger partial charge in [0.15, 0.2) is 0 Å². The molecule has 1 aromatic heterocycles. The van der Waals surface area contributed by atoms with E-state index in [4.69, 9.17) is 16.6 Å². The standard InChI is InChI=1S/C16H17NO4S2/c1-3-10(2)13(15(19)20)17-14(18)12(23-16(17)22)8-4-6-11-7-5-9-21-11/h4-10,13H,3H2,1-2H3,(H,19,20)/b6-4+,12-8-/t10-,13+/m1/s1. The third kappa shape index (κ3) is 3.92. The van der Waals surface area contributed by atoms with Gasteiger partial charge in [-0.15, -0.1) is 0 Å². The summed E-state index contributed by atoms with van der Waals surface area (Å²) in [6.07, 6.45) is 7.23. The predicted octanol–water partition coefficient (Wildman–Crippen LogP) is 3.54. The SMILES string of the molecule is CC[C@@H](C)[C@@H](C(=O)O)N1C(=O)/C(=C/C=C/c2ccco2)SC1=S. The fourth-order valence-electron chi connectivity index (χ4n) is 2.18. The van der Waals surface area contributed by atoms with E-state index < -0.39 is 12.0 Å². The van der Waals surface area contributed by atoms with Gasteiger partial charge in [-0.3, -0.25) is 9.69 Å². The molecule has 2 rings (SSSR count). The Kier molecular flexibility index (Phi) is 5.79. The van der Waals surface area contributed by atoms with Gasteiger partial charge in [0, 0.05) is 0 Å². The number of thioether (sulfide) groups is 1. The Bertz CT molecular complexity index is 664. The van der Waals surface area contributed by atoms with E-state index in [0.717, 1.165) is 11.8 Å². The third-order valence-corrected chi connectivity index (χ3v) is 4.94. The van der Waals surface area contributed by atoms with Crippen LogP contribution in [0.4, 0.5) is 0 Å². The highest BCUT2D eigenvalue weighted by atomic mass is 32.2. The van der Waals surface area contributed by atoms with Crippen molar-refractivity contribution in [3.63, 3.8) is 0 Å². The van der Waals surface area contributed by atoms with Crippen LogP contribution in [0, 0.1) is 5.92 Å². The van der Waals surface area contributed by atoms with Gasteiger partial charge in [-0.05, 0) is 30.2 Å². The molecule has 122 valence electrons. The summed E-state index contributed by atoms with van der Waals surface area (Å²) in [5.74, 6) is -0.924. The molecule has 2 atom stereocenters. The van der Waals surface area contributed by atoms with Crippen LogP contribution in [0.1, 0.15) is 26.0 Å². The minimum atomic E-state index is -1.04. The van der Waals surface area contributed by atoms with Crippen LogP contribution in [0.2, 0.25) is 0 Å². The number of aliphatic carboxylic acids is 1. The molecule has 1 aromatic rings. The molecule has 1 aliphatic rings. The summed E-state index contributed by atoms with van der Waals surface area (Å²) >= 11 is 6.33. The van der Waals surface area contributed by atoms with Crippen molar-refractivity contribution in [3.05, 3.63) is 41.2 Å². The highest BCUT2D eigenvalue weighted by Crippen LogP contribution is 2.34. The summed E-state index contributed by atoms with van der Waals surface area (Å²) in [6.45, 7) is 3.69. The number of carbonyl (C=O) groups excluding carboxylic acids is 1. The lowest BCUT2D eigenvalue weighted by Gasteiger charge is -2.27. The number of hydrogen-bond donors (Lipinski definition) is 1. The molecule has 0 radical (unpaired) electrons. The summed E-state index contributed by atoms with van der Waals surface area (Å²) in [5, 5.41) is 9.45. The Morgan fingerprint density at radius 2 is 2.30 bits per heavy atom. The third-order valence-electron chi connectivity index (χ3n) is 3.59. The van der Waals surface area contributed by atoms with E-state index in [1.807, 2.05) is 6.92 Å². The minimum Gasteiger partial charge on any atom is -0.480 e. The molecule has 0 unspecified atom stereocenters. The number of hydrogen-bond acceptors (Lipinski definition) is 5. The lowest BCUT2D eigenvalue weighted by Crippen LogP contribution is -2.47. The van der Waals surface area contributed by atoms with Crippen LogP contribution in [0.5, 0.6) is 0 Å². The van der Waals surface area contributed by atoms with Crippen LogP contribution >= 0.6 is 24.0 Å². The van der Waals surface area contributed by atoms with Crippen molar-refractivity contribution in [2.75, 3.05) is 0 Å². The number of furan rings is 1. The average molecular weight is 351 g/mol. The lowest BCUT2D eigenvalue weighted by molar-refractivity contribution is -0.147. The molecule has 0 spiro atoms. The molecular weight excluding hydrogens is 334 g/mol. The monoisotopic (exact) mass is 351 g/mol. The number of carboxylic acids is 1. The van der Waals surface area contributed by atoms with Crippen molar-refractivity contribution in [2.24, 2.45) is 5.92 Å². The smallest absolute Gasteiger partial charge is 0.327 e. The van der Waals surface area contributed by atoms with E-state index in [1.165, 1.54) is 4.90 Å². The molecule has 7 heteroatoms. The first kappa shape index (κ1) is 17.5. The van der Waals surface area contributed by atoms with Gasteiger partial charge in [-0.25, -0.2) is 4.79 Å². The molecule has 5 nitrogen and oxygen atoms in total. The normalized spacial score (nSPS) is 19.7. The second kappa shape index (κ2) is 7.61. The molecule has 0 saturated carbocycles. The van der Waals surface area contributed by atoms with Gasteiger partial charge >= 0.3 is 5.97 Å². The van der Waals surface area contributed by atoms with Crippen LogP contribution in [-0.2, 0) is 9.59 Å². The second-order valence-corrected chi connectivity index (χ2v) is 6.79. The summed E-state index contributed by atoms with van der Waals surface area (Å²) in [6, 6.07) is 2.62. The Balaban J connectivity index is 2.20. The number of amides is 1. The van der Waals surface area contributed by atoms with Gasteiger partial charge in [0.05, 0.1) is 11.2 Å². The molecule has 0 aliphatic carbocycles. The Morgan fingerprint density at radius 3 is 2.87 bits per heavy atom. The number of rotatable bonds is 6. The molecule has 1 aliphatic heterocycles. The van der Waals surface area contributed by atoms with Crippen molar-refractivity contribution in [1.29, 1.82) is 0 Å². The summed E-state index contributed by atoms with van der Waals surface area (Å²) in [5.41, 5.74) is 0. The maximum absolute atomic E-state index is 12.5. The Morgan fingerprint density at radius 1 is 1.57 bits per heavy atom. The highest BCUT2D eigenvalue weighted by Gasteiger charge is 2.42. The van der Waals surface area contributed by atoms with Crippen LogP contribution in [0.15, 0.2) is 39.9 Å². The zero-order valence-electron chi connectivity index (χ0n) is 12.8. The summed E-state index contributed by atoms with van der Waals surface area (Å²) < 4.78 is 5.44. The lowest BCUT2D eigenvalue weighted by atomic mass is 9.98. The Labute approximate surface area is 144 Å². The van der Waals surface area contributed by atoms with E-state index in [2.05, 4.69) is 0 Å². The van der Waals surface area contributed by atoms with Gasteiger partial charge in [-0.2, -0.15) is 0 Å². The number of allylic oxidation sites excluding steroid dienone is 2. The van der Waals surface area contributed by atoms with Gasteiger partial charge < -0.3 is 9.52 Å². The largest absolute Gasteiger partial charge is 0.480 e. The van der Waals surface area contributed by atoms with E-state index in [-0.39, 0.29) is 16.1 Å². The van der Waals surface area contributed by atoms with Crippen molar-refractivity contribution in [3.8, 4) is 0 Å². The average Bonchev–Trinajstić information content (AvgIpc) is 3.11. The Hall–Kier alpha value is -1.86. The number of carboxylic acid groups (broad SMARTS) is 1.